The lowest BCUT2D eigenvalue weighted by Gasteiger charge is -2.23. The van der Waals surface area contributed by atoms with Gasteiger partial charge in [-0.25, -0.2) is 0 Å². The van der Waals surface area contributed by atoms with Crippen molar-refractivity contribution in [1.82, 2.24) is 0 Å². The third-order valence-electron chi connectivity index (χ3n) is 4.56. The van der Waals surface area contributed by atoms with Gasteiger partial charge in [-0.2, -0.15) is 0 Å². The van der Waals surface area contributed by atoms with Crippen molar-refractivity contribution < 1.29 is 9.69 Å². The minimum Gasteiger partial charge on any atom is -0.324 e. The van der Waals surface area contributed by atoms with Crippen molar-refractivity contribution in [3.05, 3.63) is 62.6 Å². The number of anilines is 1. The number of amides is 1. The van der Waals surface area contributed by atoms with Crippen molar-refractivity contribution >= 4 is 34.8 Å². The number of halogens is 2. The van der Waals surface area contributed by atoms with Gasteiger partial charge in [-0.05, 0) is 44.9 Å². The highest BCUT2D eigenvalue weighted by Gasteiger charge is 2.24. The molecule has 0 bridgehead atoms. The van der Waals surface area contributed by atoms with Crippen LogP contribution in [0.5, 0.6) is 0 Å². The van der Waals surface area contributed by atoms with Gasteiger partial charge < -0.3 is 10.2 Å². The Balaban J connectivity index is 2.10. The van der Waals surface area contributed by atoms with E-state index in [0.29, 0.717) is 16.6 Å². The minimum absolute atomic E-state index is 0.00861. The van der Waals surface area contributed by atoms with Crippen LogP contribution < -0.4 is 10.2 Å². The van der Waals surface area contributed by atoms with Crippen LogP contribution in [0.2, 0.25) is 10.0 Å². The van der Waals surface area contributed by atoms with E-state index in [1.54, 1.807) is 6.07 Å². The fourth-order valence-electron chi connectivity index (χ4n) is 2.97. The number of hydrogen-bond acceptors (Lipinski definition) is 1. The molecule has 2 aromatic carbocycles. The van der Waals surface area contributed by atoms with Crippen molar-refractivity contribution in [2.45, 2.75) is 40.3 Å². The van der Waals surface area contributed by atoms with E-state index in [-0.39, 0.29) is 11.9 Å². The standard InChI is InChI=1S/C20H24Cl2N2O/c1-12-9-13(2)19(14(3)10-12)23-20(25)15(4)24(5)11-16-7-6-8-17(21)18(16)22/h6-10,15H,11H2,1-5H3,(H,23,25)/p+1/t15-/m1/s1. The van der Waals surface area contributed by atoms with Gasteiger partial charge in [-0.15, -0.1) is 0 Å². The molecule has 3 nitrogen and oxygen atoms in total. The van der Waals surface area contributed by atoms with E-state index >= 15 is 0 Å². The predicted octanol–water partition coefficient (Wildman–Crippen LogP) is 3.96. The van der Waals surface area contributed by atoms with E-state index in [2.05, 4.69) is 24.4 Å². The highest BCUT2D eigenvalue weighted by atomic mass is 35.5. The highest BCUT2D eigenvalue weighted by Crippen LogP contribution is 2.25. The van der Waals surface area contributed by atoms with Gasteiger partial charge in [0.15, 0.2) is 6.04 Å². The predicted molar refractivity (Wildman–Crippen MR) is 106 cm³/mol. The number of aryl methyl sites for hydroxylation is 3. The summed E-state index contributed by atoms with van der Waals surface area (Å²) in [5, 5.41) is 4.17. The second-order valence-electron chi connectivity index (χ2n) is 6.72. The summed E-state index contributed by atoms with van der Waals surface area (Å²) in [5.41, 5.74) is 5.19. The molecule has 2 N–H and O–H groups in total. The van der Waals surface area contributed by atoms with E-state index in [1.165, 1.54) is 5.56 Å². The van der Waals surface area contributed by atoms with Crippen LogP contribution in [-0.4, -0.2) is 19.0 Å². The molecule has 0 saturated heterocycles. The maximum atomic E-state index is 12.7. The Labute approximate surface area is 159 Å². The second kappa shape index (κ2) is 8.22. The molecule has 134 valence electrons. The average Bonchev–Trinajstić information content (AvgIpc) is 2.54. The van der Waals surface area contributed by atoms with Crippen molar-refractivity contribution in [3.8, 4) is 0 Å². The number of likely N-dealkylation sites (N-methyl/N-ethyl adjacent to an activating group) is 1. The number of carbonyl (C=O) groups excluding carboxylic acids is 1. The fraction of sp³-hybridized carbons (Fsp3) is 0.350. The normalized spacial score (nSPS) is 13.4. The molecular formula is C20H25Cl2N2O+. The molecule has 0 aliphatic carbocycles. The molecule has 2 atom stereocenters. The summed E-state index contributed by atoms with van der Waals surface area (Å²) >= 11 is 12.3. The van der Waals surface area contributed by atoms with E-state index < -0.39 is 0 Å². The summed E-state index contributed by atoms with van der Waals surface area (Å²) in [6.45, 7) is 8.63. The molecule has 0 radical (unpaired) electrons. The summed E-state index contributed by atoms with van der Waals surface area (Å²) in [5.74, 6) is -0.00861. The van der Waals surface area contributed by atoms with Crippen molar-refractivity contribution in [2.75, 3.05) is 12.4 Å². The number of hydrogen-bond donors (Lipinski definition) is 2. The molecule has 0 aromatic heterocycles. The summed E-state index contributed by atoms with van der Waals surface area (Å²) in [6, 6.07) is 9.51. The van der Waals surface area contributed by atoms with E-state index in [9.17, 15) is 4.79 Å². The Morgan fingerprint density at radius 3 is 2.36 bits per heavy atom. The van der Waals surface area contributed by atoms with Gasteiger partial charge in [0.2, 0.25) is 0 Å². The lowest BCUT2D eigenvalue weighted by molar-refractivity contribution is -0.907. The Morgan fingerprint density at radius 1 is 1.16 bits per heavy atom. The molecule has 25 heavy (non-hydrogen) atoms. The van der Waals surface area contributed by atoms with Crippen LogP contribution in [0.4, 0.5) is 5.69 Å². The van der Waals surface area contributed by atoms with Crippen molar-refractivity contribution in [3.63, 3.8) is 0 Å². The smallest absolute Gasteiger partial charge is 0.282 e. The van der Waals surface area contributed by atoms with Crippen molar-refractivity contribution in [2.24, 2.45) is 0 Å². The van der Waals surface area contributed by atoms with Gasteiger partial charge in [-0.3, -0.25) is 4.79 Å². The first kappa shape index (κ1) is 19.8. The Hall–Kier alpha value is -1.55. The molecule has 0 fully saturated rings. The summed E-state index contributed by atoms with van der Waals surface area (Å²) in [4.78, 5) is 13.7. The first-order valence-corrected chi connectivity index (χ1v) is 9.10. The Kier molecular flexibility index (Phi) is 6.50. The maximum absolute atomic E-state index is 12.7. The first-order valence-electron chi connectivity index (χ1n) is 8.34. The molecule has 2 rings (SSSR count). The SMILES string of the molecule is Cc1cc(C)c(NC(=O)[C@@H](C)[NH+](C)Cc2cccc(Cl)c2Cl)c(C)c1. The van der Waals surface area contributed by atoms with Gasteiger partial charge in [0.25, 0.3) is 5.91 Å². The lowest BCUT2D eigenvalue weighted by Crippen LogP contribution is -3.12. The van der Waals surface area contributed by atoms with Crippen LogP contribution in [0.25, 0.3) is 0 Å². The van der Waals surface area contributed by atoms with Gasteiger partial charge in [0, 0.05) is 11.3 Å². The number of nitrogens with one attached hydrogen (secondary N) is 2. The molecular weight excluding hydrogens is 355 g/mol. The zero-order chi connectivity index (χ0) is 18.7. The van der Waals surface area contributed by atoms with E-state index in [0.717, 1.165) is 27.3 Å². The number of quaternary nitrogens is 1. The topological polar surface area (TPSA) is 33.5 Å². The summed E-state index contributed by atoms with van der Waals surface area (Å²) in [7, 11) is 1.98. The van der Waals surface area contributed by atoms with Crippen LogP contribution in [0.15, 0.2) is 30.3 Å². The number of rotatable bonds is 5. The second-order valence-corrected chi connectivity index (χ2v) is 7.51. The van der Waals surface area contributed by atoms with Crippen LogP contribution in [0.3, 0.4) is 0 Å². The van der Waals surface area contributed by atoms with Gasteiger partial charge >= 0.3 is 0 Å². The molecule has 1 unspecified atom stereocenters. The first-order chi connectivity index (χ1) is 11.7. The highest BCUT2D eigenvalue weighted by molar-refractivity contribution is 6.42. The minimum atomic E-state index is -0.227. The average molecular weight is 380 g/mol. The largest absolute Gasteiger partial charge is 0.324 e. The number of benzene rings is 2. The Bertz CT molecular complexity index is 766. The lowest BCUT2D eigenvalue weighted by atomic mass is 10.0. The molecule has 0 spiro atoms. The van der Waals surface area contributed by atoms with E-state index in [1.807, 2.05) is 40.0 Å². The molecule has 0 aliphatic rings. The van der Waals surface area contributed by atoms with Gasteiger partial charge in [0.05, 0.1) is 17.1 Å². The van der Waals surface area contributed by atoms with Gasteiger partial charge in [-0.1, -0.05) is 53.0 Å². The monoisotopic (exact) mass is 379 g/mol. The van der Waals surface area contributed by atoms with Gasteiger partial charge in [0.1, 0.15) is 6.54 Å². The third kappa shape index (κ3) is 4.75. The van der Waals surface area contributed by atoms with Crippen LogP contribution in [0, 0.1) is 20.8 Å². The number of carbonyl (C=O) groups is 1. The summed E-state index contributed by atoms with van der Waals surface area (Å²) < 4.78 is 0. The molecule has 0 aliphatic heterocycles. The molecule has 2 aromatic rings. The van der Waals surface area contributed by atoms with E-state index in [4.69, 9.17) is 23.2 Å². The van der Waals surface area contributed by atoms with Crippen molar-refractivity contribution in [1.29, 1.82) is 0 Å². The molecule has 5 heteroatoms. The molecule has 0 saturated carbocycles. The molecule has 0 heterocycles. The fourth-order valence-corrected chi connectivity index (χ4v) is 3.36. The summed E-state index contributed by atoms with van der Waals surface area (Å²) in [6.07, 6.45) is 0. The van der Waals surface area contributed by atoms with Crippen LogP contribution in [-0.2, 0) is 11.3 Å². The van der Waals surface area contributed by atoms with Crippen LogP contribution >= 0.6 is 23.2 Å². The zero-order valence-corrected chi connectivity index (χ0v) is 16.8. The zero-order valence-electron chi connectivity index (χ0n) is 15.3. The quantitative estimate of drug-likeness (QED) is 0.809. The Morgan fingerprint density at radius 2 is 1.76 bits per heavy atom. The molecule has 1 amide bonds. The maximum Gasteiger partial charge on any atom is 0.282 e. The third-order valence-corrected chi connectivity index (χ3v) is 5.42. The van der Waals surface area contributed by atoms with Crippen LogP contribution in [0.1, 0.15) is 29.2 Å².